The van der Waals surface area contributed by atoms with Crippen molar-refractivity contribution in [2.45, 2.75) is 38.0 Å². The van der Waals surface area contributed by atoms with Crippen LogP contribution in [0.1, 0.15) is 42.4 Å². The van der Waals surface area contributed by atoms with Crippen LogP contribution in [-0.2, 0) is 12.7 Å². The van der Waals surface area contributed by atoms with Gasteiger partial charge in [0.05, 0.1) is 12.2 Å². The van der Waals surface area contributed by atoms with E-state index in [4.69, 9.17) is 0 Å². The molecule has 3 aliphatic heterocycles. The van der Waals surface area contributed by atoms with E-state index in [0.29, 0.717) is 39.3 Å². The zero-order chi connectivity index (χ0) is 23.9. The van der Waals surface area contributed by atoms with Crippen LogP contribution < -0.4 is 0 Å². The van der Waals surface area contributed by atoms with Crippen molar-refractivity contribution in [1.29, 1.82) is 0 Å². The molecular weight excluding hydrogens is 463 g/mol. The van der Waals surface area contributed by atoms with Crippen LogP contribution in [0.5, 0.6) is 0 Å². The van der Waals surface area contributed by atoms with Crippen LogP contribution in [0.25, 0.3) is 0 Å². The van der Waals surface area contributed by atoms with Gasteiger partial charge in [-0.3, -0.25) is 10.00 Å². The number of hydrogen-bond donors (Lipinski definition) is 1. The normalized spacial score (nSPS) is 23.7. The van der Waals surface area contributed by atoms with Crippen LogP contribution in [-0.4, -0.2) is 85.0 Å². The molecule has 3 saturated heterocycles. The molecule has 1 N–H and O–H groups in total. The van der Waals surface area contributed by atoms with Crippen molar-refractivity contribution >= 4 is 6.03 Å². The van der Waals surface area contributed by atoms with Crippen molar-refractivity contribution in [2.75, 3.05) is 39.3 Å². The number of hydrogen-bond acceptors (Lipinski definition) is 5. The summed E-state index contributed by atoms with van der Waals surface area (Å²) in [6.45, 7) is 4.01. The minimum Gasteiger partial charge on any atom is -0.323 e. The number of rotatable bonds is 4. The van der Waals surface area contributed by atoms with Gasteiger partial charge in [0.15, 0.2) is 0 Å². The minimum absolute atomic E-state index is 0.00640. The molecule has 9 nitrogen and oxygen atoms in total. The third kappa shape index (κ3) is 3.45. The van der Waals surface area contributed by atoms with Gasteiger partial charge in [-0.15, -0.1) is 5.10 Å². The topological polar surface area (TPSA) is 86.2 Å². The lowest BCUT2D eigenvalue weighted by Gasteiger charge is -2.63. The summed E-state index contributed by atoms with van der Waals surface area (Å²) in [6.07, 6.45) is -3.00. The smallest absolute Gasteiger partial charge is 0.323 e. The van der Waals surface area contributed by atoms with Crippen molar-refractivity contribution in [3.05, 3.63) is 29.6 Å². The molecule has 2 aromatic rings. The molecule has 2 spiro atoms. The molecule has 1 aliphatic carbocycles. The van der Waals surface area contributed by atoms with Crippen molar-refractivity contribution in [1.82, 2.24) is 39.7 Å². The number of halogens is 5. The fraction of sp³-hybridized carbons (Fsp3) is 0.700. The maximum atomic E-state index is 13.0. The lowest BCUT2D eigenvalue weighted by atomic mass is 9.60. The van der Waals surface area contributed by atoms with Gasteiger partial charge in [-0.1, -0.05) is 0 Å². The third-order valence-corrected chi connectivity index (χ3v) is 7.59. The summed E-state index contributed by atoms with van der Waals surface area (Å²) in [6, 6.07) is 0.0339. The quantitative estimate of drug-likeness (QED) is 0.672. The Hall–Kier alpha value is -2.77. The predicted octanol–water partition coefficient (Wildman–Crippen LogP) is 2.53. The first-order chi connectivity index (χ1) is 16.0. The van der Waals surface area contributed by atoms with Gasteiger partial charge in [-0.05, 0) is 12.8 Å². The number of aromatic nitrogens is 5. The number of amides is 2. The van der Waals surface area contributed by atoms with Crippen LogP contribution in [0.4, 0.5) is 26.7 Å². The van der Waals surface area contributed by atoms with E-state index in [0.717, 1.165) is 12.8 Å². The first-order valence-corrected chi connectivity index (χ1v) is 11.1. The largest absolute Gasteiger partial charge is 0.433 e. The highest BCUT2D eigenvalue weighted by atomic mass is 19.4. The van der Waals surface area contributed by atoms with Gasteiger partial charge in [0, 0.05) is 62.2 Å². The molecule has 0 atom stereocenters. The predicted molar refractivity (Wildman–Crippen MR) is 106 cm³/mol. The molecule has 0 bridgehead atoms. The molecule has 14 heteroatoms. The van der Waals surface area contributed by atoms with E-state index in [1.165, 1.54) is 17.2 Å². The summed E-state index contributed by atoms with van der Waals surface area (Å²) < 4.78 is 65.8. The van der Waals surface area contributed by atoms with Gasteiger partial charge >= 0.3 is 12.2 Å². The maximum Gasteiger partial charge on any atom is 0.433 e. The van der Waals surface area contributed by atoms with Crippen LogP contribution >= 0.6 is 0 Å². The maximum absolute atomic E-state index is 13.0. The number of nitrogens with zero attached hydrogens (tertiary/aromatic N) is 7. The third-order valence-electron chi connectivity index (χ3n) is 7.59. The van der Waals surface area contributed by atoms with E-state index < -0.39 is 24.1 Å². The van der Waals surface area contributed by atoms with E-state index in [1.807, 2.05) is 14.9 Å². The molecule has 1 saturated carbocycles. The Morgan fingerprint density at radius 2 is 1.74 bits per heavy atom. The Labute approximate surface area is 190 Å². The van der Waals surface area contributed by atoms with Gasteiger partial charge in [0.2, 0.25) is 5.82 Å². The summed E-state index contributed by atoms with van der Waals surface area (Å²) in [5.41, 5.74) is -0.664. The van der Waals surface area contributed by atoms with Crippen molar-refractivity contribution in [2.24, 2.45) is 10.8 Å². The molecule has 6 rings (SSSR count). The van der Waals surface area contributed by atoms with Crippen LogP contribution in [0, 0.1) is 10.8 Å². The minimum atomic E-state index is -4.45. The van der Waals surface area contributed by atoms with E-state index >= 15 is 0 Å². The van der Waals surface area contributed by atoms with Crippen molar-refractivity contribution in [3.63, 3.8) is 0 Å². The molecule has 4 fully saturated rings. The Morgan fingerprint density at radius 1 is 1.09 bits per heavy atom. The second kappa shape index (κ2) is 7.12. The standard InChI is InChI=1S/C20H23F5N8O/c21-15(22)16-26-11-33(29-16)13-1-18(2-13)7-31(8-18)17(34)32-9-19(10-32)5-30(6-19)4-12-3-27-28-14(12)20(23,24)25/h3,11,13,15H,1-2,4-10H2,(H,27,28). The molecule has 34 heavy (non-hydrogen) atoms. The summed E-state index contributed by atoms with van der Waals surface area (Å²) in [7, 11) is 0. The highest BCUT2D eigenvalue weighted by Gasteiger charge is 2.58. The van der Waals surface area contributed by atoms with Crippen LogP contribution in [0.15, 0.2) is 12.5 Å². The van der Waals surface area contributed by atoms with E-state index in [1.54, 1.807) is 4.90 Å². The molecule has 2 amide bonds. The Balaban J connectivity index is 0.938. The average Bonchev–Trinajstić information content (AvgIpc) is 3.29. The lowest BCUT2D eigenvalue weighted by molar-refractivity contribution is -0.143. The summed E-state index contributed by atoms with van der Waals surface area (Å²) in [5.74, 6) is -0.460. The zero-order valence-electron chi connectivity index (χ0n) is 18.1. The number of alkyl halides is 5. The number of likely N-dealkylation sites (tertiary alicyclic amines) is 3. The van der Waals surface area contributed by atoms with E-state index in [9.17, 15) is 26.7 Å². The fourth-order valence-corrected chi connectivity index (χ4v) is 6.08. The molecule has 2 aromatic heterocycles. The van der Waals surface area contributed by atoms with Crippen molar-refractivity contribution in [3.8, 4) is 0 Å². The number of urea groups is 1. The molecule has 0 aromatic carbocycles. The van der Waals surface area contributed by atoms with E-state index in [2.05, 4.69) is 15.2 Å². The van der Waals surface area contributed by atoms with Gasteiger partial charge in [-0.25, -0.2) is 23.2 Å². The van der Waals surface area contributed by atoms with Gasteiger partial charge in [0.25, 0.3) is 6.43 Å². The van der Waals surface area contributed by atoms with Gasteiger partial charge in [-0.2, -0.15) is 18.3 Å². The number of carbonyl (C=O) groups is 1. The molecule has 184 valence electrons. The average molecular weight is 486 g/mol. The van der Waals surface area contributed by atoms with Crippen LogP contribution in [0.2, 0.25) is 0 Å². The Bertz CT molecular complexity index is 1080. The first kappa shape index (κ1) is 21.7. The second-order valence-corrected chi connectivity index (χ2v) is 10.4. The number of carbonyl (C=O) groups excluding carboxylic acids is 1. The number of nitrogens with one attached hydrogen (secondary N) is 1. The summed E-state index contributed by atoms with van der Waals surface area (Å²) in [4.78, 5) is 22.0. The Morgan fingerprint density at radius 3 is 2.32 bits per heavy atom. The number of H-pyrrole nitrogens is 1. The summed E-state index contributed by atoms with van der Waals surface area (Å²) >= 11 is 0. The fourth-order valence-electron chi connectivity index (χ4n) is 6.08. The first-order valence-electron chi connectivity index (χ1n) is 11.1. The second-order valence-electron chi connectivity index (χ2n) is 10.4. The molecular formula is C20H23F5N8O. The van der Waals surface area contributed by atoms with E-state index in [-0.39, 0.29) is 35.0 Å². The summed E-state index contributed by atoms with van der Waals surface area (Å²) in [5, 5.41) is 9.40. The van der Waals surface area contributed by atoms with Gasteiger partial charge in [0.1, 0.15) is 12.0 Å². The molecule has 0 unspecified atom stereocenters. The van der Waals surface area contributed by atoms with Gasteiger partial charge < -0.3 is 9.80 Å². The highest BCUT2D eigenvalue weighted by molar-refractivity contribution is 5.77. The molecule has 4 aliphatic rings. The Kier molecular flexibility index (Phi) is 4.55. The van der Waals surface area contributed by atoms with Crippen molar-refractivity contribution < 1.29 is 26.7 Å². The molecule has 0 radical (unpaired) electrons. The lowest BCUT2D eigenvalue weighted by Crippen LogP contribution is -2.75. The molecule has 5 heterocycles. The SMILES string of the molecule is O=C(N1CC2(CC(n3cnc(C(F)F)n3)C2)C1)N1CC2(CN(Cc3cn[nH]c3C(F)(F)F)C2)C1. The monoisotopic (exact) mass is 486 g/mol. The zero-order valence-corrected chi connectivity index (χ0v) is 18.1. The number of aromatic amines is 1. The van der Waals surface area contributed by atoms with Crippen LogP contribution in [0.3, 0.4) is 0 Å². The highest BCUT2D eigenvalue weighted by Crippen LogP contribution is 2.54.